The molecule has 0 saturated carbocycles. The van der Waals surface area contributed by atoms with Gasteiger partial charge in [-0.05, 0) is 24.6 Å². The van der Waals surface area contributed by atoms with Gasteiger partial charge in [-0.2, -0.15) is 0 Å². The Morgan fingerprint density at radius 2 is 1.75 bits per heavy atom. The van der Waals surface area contributed by atoms with Gasteiger partial charge in [0.25, 0.3) is 11.1 Å². The van der Waals surface area contributed by atoms with Gasteiger partial charge in [0, 0.05) is 18.8 Å². The second-order valence-corrected chi connectivity index (χ2v) is 5.63. The lowest BCUT2D eigenvalue weighted by Gasteiger charge is -2.09. The number of aryl methyl sites for hydroxylation is 2. The highest BCUT2D eigenvalue weighted by Crippen LogP contribution is 2.12. The summed E-state index contributed by atoms with van der Waals surface area (Å²) in [4.78, 5) is 39.6. The van der Waals surface area contributed by atoms with Crippen LogP contribution in [0.15, 0.2) is 44.8 Å². The van der Waals surface area contributed by atoms with Crippen molar-refractivity contribution in [2.24, 2.45) is 7.05 Å². The maximum Gasteiger partial charge on any atom is 0.329 e. The normalized spacial score (nSPS) is 11.0. The van der Waals surface area contributed by atoms with Crippen LogP contribution in [0.25, 0.3) is 10.9 Å². The smallest absolute Gasteiger partial charge is 0.329 e. The van der Waals surface area contributed by atoms with Crippen molar-refractivity contribution in [3.63, 3.8) is 0 Å². The summed E-state index contributed by atoms with van der Waals surface area (Å²) in [5.41, 5.74) is 0.220. The lowest BCUT2D eigenvalue weighted by molar-refractivity contribution is 0.414. The quantitative estimate of drug-likeness (QED) is 0.769. The first kappa shape index (κ1) is 15.8. The molecule has 2 aromatic heterocycles. The lowest BCUT2D eigenvalue weighted by Crippen LogP contribution is -2.37. The van der Waals surface area contributed by atoms with E-state index in [0.29, 0.717) is 22.2 Å². The third-order valence-electron chi connectivity index (χ3n) is 4.06. The highest BCUT2D eigenvalue weighted by Gasteiger charge is 2.13. The molecule has 0 aliphatic carbocycles. The Bertz CT molecular complexity index is 1090. The van der Waals surface area contributed by atoms with Crippen molar-refractivity contribution in [3.05, 3.63) is 72.8 Å². The second-order valence-electron chi connectivity index (χ2n) is 5.63. The number of nitrogens with zero attached hydrogens (tertiary/aromatic N) is 2. The van der Waals surface area contributed by atoms with Gasteiger partial charge in [-0.1, -0.05) is 12.1 Å². The number of H-pyrrole nitrogens is 1. The molecule has 0 aliphatic rings. The molecule has 0 amide bonds. The van der Waals surface area contributed by atoms with Crippen molar-refractivity contribution in [1.82, 2.24) is 14.1 Å². The third-order valence-corrected chi connectivity index (χ3v) is 4.06. The number of pyridine rings is 1. The highest BCUT2D eigenvalue weighted by atomic mass is 16.5. The molecule has 24 heavy (non-hydrogen) atoms. The van der Waals surface area contributed by atoms with Crippen molar-refractivity contribution in [2.45, 2.75) is 13.5 Å². The van der Waals surface area contributed by atoms with Crippen LogP contribution in [0.4, 0.5) is 0 Å². The van der Waals surface area contributed by atoms with Crippen LogP contribution < -0.4 is 21.5 Å². The van der Waals surface area contributed by atoms with E-state index in [-0.39, 0.29) is 12.1 Å². The Kier molecular flexibility index (Phi) is 3.84. The monoisotopic (exact) mass is 327 g/mol. The molecule has 0 radical (unpaired) electrons. The molecule has 7 heteroatoms. The predicted octanol–water partition coefficient (Wildman–Crippen LogP) is 0.754. The molecule has 3 rings (SSSR count). The summed E-state index contributed by atoms with van der Waals surface area (Å²) >= 11 is 0. The summed E-state index contributed by atoms with van der Waals surface area (Å²) < 4.78 is 7.55. The Labute approximate surface area is 136 Å². The maximum absolute atomic E-state index is 12.7. The van der Waals surface area contributed by atoms with E-state index in [1.54, 1.807) is 45.3 Å². The van der Waals surface area contributed by atoms with Gasteiger partial charge in [0.1, 0.15) is 5.75 Å². The van der Waals surface area contributed by atoms with E-state index in [2.05, 4.69) is 4.98 Å². The van der Waals surface area contributed by atoms with E-state index in [4.69, 9.17) is 4.74 Å². The maximum atomic E-state index is 12.7. The fraction of sp³-hybridized carbons (Fsp3) is 0.235. The van der Waals surface area contributed by atoms with E-state index < -0.39 is 11.2 Å². The van der Waals surface area contributed by atoms with Crippen LogP contribution in [0.2, 0.25) is 0 Å². The van der Waals surface area contributed by atoms with Crippen LogP contribution in [0.5, 0.6) is 5.75 Å². The first-order chi connectivity index (χ1) is 11.4. The molecule has 0 bridgehead atoms. The van der Waals surface area contributed by atoms with Gasteiger partial charge in [-0.15, -0.1) is 0 Å². The highest BCUT2D eigenvalue weighted by molar-refractivity contribution is 5.79. The molecule has 0 fully saturated rings. The van der Waals surface area contributed by atoms with Crippen LogP contribution in [-0.2, 0) is 13.6 Å². The Balaban J connectivity index is 2.18. The number of fused-ring (bicyclic) bond motifs is 1. The average molecular weight is 327 g/mol. The third kappa shape index (κ3) is 2.54. The molecule has 0 atom stereocenters. The molecule has 124 valence electrons. The van der Waals surface area contributed by atoms with E-state index in [9.17, 15) is 14.4 Å². The van der Waals surface area contributed by atoms with Crippen molar-refractivity contribution in [1.29, 1.82) is 0 Å². The van der Waals surface area contributed by atoms with Crippen LogP contribution in [-0.4, -0.2) is 21.2 Å². The van der Waals surface area contributed by atoms with E-state index in [1.807, 2.05) is 0 Å². The number of aromatic nitrogens is 3. The number of benzene rings is 1. The van der Waals surface area contributed by atoms with Gasteiger partial charge in [0.15, 0.2) is 0 Å². The Morgan fingerprint density at radius 3 is 2.38 bits per heavy atom. The predicted molar refractivity (Wildman–Crippen MR) is 90.9 cm³/mol. The van der Waals surface area contributed by atoms with Gasteiger partial charge < -0.3 is 14.3 Å². The van der Waals surface area contributed by atoms with Crippen LogP contribution in [0.3, 0.4) is 0 Å². The number of nitrogens with one attached hydrogen (secondary N) is 1. The second kappa shape index (κ2) is 5.84. The standard InChI is InChI=1S/C17H17N3O4/c1-10-14-13(9-19(2)15(10)21)16(22)20(17(23)18-14)8-11-4-6-12(24-3)7-5-11/h4-7,9H,8H2,1-3H3,(H,18,23). The first-order valence-corrected chi connectivity index (χ1v) is 7.38. The number of methoxy groups -OCH3 is 1. The lowest BCUT2D eigenvalue weighted by atomic mass is 10.2. The molecule has 0 aliphatic heterocycles. The molecule has 1 aromatic carbocycles. The zero-order valence-corrected chi connectivity index (χ0v) is 13.6. The van der Waals surface area contributed by atoms with E-state index in [0.717, 1.165) is 10.1 Å². The van der Waals surface area contributed by atoms with E-state index >= 15 is 0 Å². The van der Waals surface area contributed by atoms with Crippen molar-refractivity contribution >= 4 is 10.9 Å². The summed E-state index contributed by atoms with van der Waals surface area (Å²) in [6.07, 6.45) is 1.45. The molecule has 0 spiro atoms. The molecule has 1 N–H and O–H groups in total. The fourth-order valence-electron chi connectivity index (χ4n) is 2.68. The minimum atomic E-state index is -0.542. The number of ether oxygens (including phenoxy) is 1. The summed E-state index contributed by atoms with van der Waals surface area (Å²) in [6, 6.07) is 7.12. The average Bonchev–Trinajstić information content (AvgIpc) is 2.58. The minimum absolute atomic E-state index is 0.135. The van der Waals surface area contributed by atoms with Crippen molar-refractivity contribution < 1.29 is 4.74 Å². The molecule has 0 unspecified atom stereocenters. The summed E-state index contributed by atoms with van der Waals surface area (Å²) in [5.74, 6) is 0.698. The molecule has 3 aromatic rings. The number of hydrogen-bond acceptors (Lipinski definition) is 4. The molecular formula is C17H17N3O4. The van der Waals surface area contributed by atoms with Gasteiger partial charge in [-0.25, -0.2) is 4.79 Å². The summed E-state index contributed by atoms with van der Waals surface area (Å²) in [7, 11) is 3.15. The van der Waals surface area contributed by atoms with Gasteiger partial charge in [0.2, 0.25) is 0 Å². The van der Waals surface area contributed by atoms with Gasteiger partial charge in [0.05, 0.1) is 24.6 Å². The van der Waals surface area contributed by atoms with Gasteiger partial charge in [-0.3, -0.25) is 14.2 Å². The molecular weight excluding hydrogens is 310 g/mol. The fourth-order valence-corrected chi connectivity index (χ4v) is 2.68. The van der Waals surface area contributed by atoms with E-state index in [1.165, 1.54) is 10.8 Å². The van der Waals surface area contributed by atoms with Crippen molar-refractivity contribution in [3.8, 4) is 5.75 Å². The Hall–Kier alpha value is -3.09. The van der Waals surface area contributed by atoms with Gasteiger partial charge >= 0.3 is 5.69 Å². The van der Waals surface area contributed by atoms with Crippen molar-refractivity contribution in [2.75, 3.05) is 7.11 Å². The zero-order valence-electron chi connectivity index (χ0n) is 13.6. The van der Waals surface area contributed by atoms with Crippen LogP contribution in [0.1, 0.15) is 11.1 Å². The summed E-state index contributed by atoms with van der Waals surface area (Å²) in [5, 5.41) is 0.308. The summed E-state index contributed by atoms with van der Waals surface area (Å²) in [6.45, 7) is 1.73. The minimum Gasteiger partial charge on any atom is -0.497 e. The largest absolute Gasteiger partial charge is 0.497 e. The number of hydrogen-bond donors (Lipinski definition) is 1. The molecule has 0 saturated heterocycles. The van der Waals surface area contributed by atoms with Crippen LogP contribution >= 0.6 is 0 Å². The SMILES string of the molecule is COc1ccc(Cn2c(=O)[nH]c3c(C)c(=O)n(C)cc3c2=O)cc1. The topological polar surface area (TPSA) is 86.1 Å². The number of rotatable bonds is 3. The molecule has 7 nitrogen and oxygen atoms in total. The molecule has 2 heterocycles. The first-order valence-electron chi connectivity index (χ1n) is 7.38. The Morgan fingerprint density at radius 1 is 1.08 bits per heavy atom. The number of aromatic amines is 1. The van der Waals surface area contributed by atoms with Crippen LogP contribution in [0, 0.1) is 6.92 Å². The zero-order chi connectivity index (χ0) is 17.4.